The van der Waals surface area contributed by atoms with Crippen LogP contribution >= 0.6 is 0 Å². The van der Waals surface area contributed by atoms with Crippen molar-refractivity contribution in [3.63, 3.8) is 0 Å². The van der Waals surface area contributed by atoms with Crippen LogP contribution in [-0.4, -0.2) is 38.1 Å². The average molecular weight is 412 g/mol. The van der Waals surface area contributed by atoms with Crippen molar-refractivity contribution in [2.45, 2.75) is 45.4 Å². The average Bonchev–Trinajstić information content (AvgIpc) is 2.77. The van der Waals surface area contributed by atoms with Gasteiger partial charge in [-0.3, -0.25) is 0 Å². The van der Waals surface area contributed by atoms with E-state index in [1.165, 1.54) is 5.56 Å². The zero-order valence-electron chi connectivity index (χ0n) is 18.2. The molecule has 30 heavy (non-hydrogen) atoms. The maximum absolute atomic E-state index is 12.2. The van der Waals surface area contributed by atoms with E-state index in [1.807, 2.05) is 36.4 Å². The van der Waals surface area contributed by atoms with Crippen LogP contribution in [0.15, 0.2) is 60.7 Å². The van der Waals surface area contributed by atoms with E-state index in [4.69, 9.17) is 14.2 Å². The van der Waals surface area contributed by atoms with E-state index in [-0.39, 0.29) is 24.0 Å². The van der Waals surface area contributed by atoms with Crippen molar-refractivity contribution in [3.05, 3.63) is 71.8 Å². The van der Waals surface area contributed by atoms with Gasteiger partial charge in [-0.25, -0.2) is 4.79 Å². The van der Waals surface area contributed by atoms with Gasteiger partial charge in [-0.2, -0.15) is 0 Å². The van der Waals surface area contributed by atoms with Crippen molar-refractivity contribution in [2.24, 2.45) is 5.41 Å². The Morgan fingerprint density at radius 2 is 1.60 bits per heavy atom. The molecule has 0 radical (unpaired) electrons. The van der Waals surface area contributed by atoms with E-state index in [9.17, 15) is 4.79 Å². The van der Waals surface area contributed by atoms with Gasteiger partial charge in [0.25, 0.3) is 0 Å². The van der Waals surface area contributed by atoms with Crippen LogP contribution in [0.5, 0.6) is 0 Å². The topological polar surface area (TPSA) is 56.8 Å². The number of hydrogen-bond donors (Lipinski definition) is 1. The highest BCUT2D eigenvalue weighted by Crippen LogP contribution is 2.34. The van der Waals surface area contributed by atoms with E-state index in [0.29, 0.717) is 31.6 Å². The molecule has 0 saturated carbocycles. The molecular weight excluding hydrogens is 378 g/mol. The van der Waals surface area contributed by atoms with Gasteiger partial charge >= 0.3 is 5.97 Å². The number of nitrogens with one attached hydrogen (secondary N) is 1. The van der Waals surface area contributed by atoms with Crippen LogP contribution in [0.2, 0.25) is 0 Å². The summed E-state index contributed by atoms with van der Waals surface area (Å²) in [7, 11) is 0. The summed E-state index contributed by atoms with van der Waals surface area (Å²) in [6.07, 6.45) is 1.19. The summed E-state index contributed by atoms with van der Waals surface area (Å²) < 4.78 is 17.9. The van der Waals surface area contributed by atoms with Gasteiger partial charge in [-0.1, -0.05) is 62.4 Å². The first kappa shape index (κ1) is 22.5. The number of ether oxygens (including phenoxy) is 3. The number of hydrogen-bond acceptors (Lipinski definition) is 5. The molecule has 0 bridgehead atoms. The molecule has 3 rings (SSSR count). The summed E-state index contributed by atoms with van der Waals surface area (Å²) in [6.45, 7) is 8.63. The Morgan fingerprint density at radius 1 is 1.00 bits per heavy atom. The molecule has 5 nitrogen and oxygen atoms in total. The first-order chi connectivity index (χ1) is 14.4. The van der Waals surface area contributed by atoms with Gasteiger partial charge < -0.3 is 19.5 Å². The molecule has 1 atom stereocenters. The largest absolute Gasteiger partial charge is 0.462 e. The third-order valence-corrected chi connectivity index (χ3v) is 5.43. The fourth-order valence-corrected chi connectivity index (χ4v) is 3.45. The molecular formula is C25H33NO4. The van der Waals surface area contributed by atoms with Gasteiger partial charge in [-0.15, -0.1) is 0 Å². The summed E-state index contributed by atoms with van der Waals surface area (Å²) in [4.78, 5) is 12.2. The Morgan fingerprint density at radius 3 is 2.23 bits per heavy atom. The molecule has 1 aliphatic heterocycles. The van der Waals surface area contributed by atoms with E-state index >= 15 is 0 Å². The third-order valence-electron chi connectivity index (χ3n) is 5.43. The van der Waals surface area contributed by atoms with E-state index in [1.54, 1.807) is 12.1 Å². The molecule has 0 aliphatic carbocycles. The van der Waals surface area contributed by atoms with Crippen molar-refractivity contribution in [3.8, 4) is 0 Å². The minimum atomic E-state index is -0.740. The van der Waals surface area contributed by atoms with E-state index in [0.717, 1.165) is 6.54 Å². The Bertz CT molecular complexity index is 781. The molecule has 162 valence electrons. The molecule has 1 saturated heterocycles. The maximum atomic E-state index is 12.2. The van der Waals surface area contributed by atoms with Crippen molar-refractivity contribution >= 4 is 5.97 Å². The number of carbonyl (C=O) groups excluding carboxylic acids is 1. The number of carbonyl (C=O) groups is 1. The molecule has 1 N–H and O–H groups in total. The lowest BCUT2D eigenvalue weighted by Gasteiger charge is -2.43. The maximum Gasteiger partial charge on any atom is 0.338 e. The number of benzene rings is 2. The first-order valence-electron chi connectivity index (χ1n) is 10.7. The molecule has 1 fully saturated rings. The number of esters is 1. The lowest BCUT2D eigenvalue weighted by atomic mass is 9.93. The van der Waals surface area contributed by atoms with Crippen LogP contribution in [0.3, 0.4) is 0 Å². The van der Waals surface area contributed by atoms with Crippen molar-refractivity contribution < 1.29 is 19.0 Å². The van der Waals surface area contributed by atoms with Gasteiger partial charge in [0.05, 0.1) is 25.4 Å². The summed E-state index contributed by atoms with van der Waals surface area (Å²) in [5, 5.41) is 3.55. The van der Waals surface area contributed by atoms with Crippen molar-refractivity contribution in [2.75, 3.05) is 26.4 Å². The highest BCUT2D eigenvalue weighted by Gasteiger charge is 2.40. The predicted octanol–water partition coefficient (Wildman–Crippen LogP) is 4.74. The van der Waals surface area contributed by atoms with Gasteiger partial charge in [0, 0.05) is 30.8 Å². The van der Waals surface area contributed by atoms with E-state index in [2.05, 4.69) is 38.2 Å². The number of rotatable bonds is 9. The molecule has 5 heteroatoms. The van der Waals surface area contributed by atoms with Crippen LogP contribution in [0.4, 0.5) is 0 Å². The zero-order valence-corrected chi connectivity index (χ0v) is 18.2. The monoisotopic (exact) mass is 411 g/mol. The second-order valence-electron chi connectivity index (χ2n) is 8.74. The zero-order chi connectivity index (χ0) is 21.5. The fraction of sp³-hybridized carbons (Fsp3) is 0.480. The minimum absolute atomic E-state index is 0.0189. The minimum Gasteiger partial charge on any atom is -0.462 e. The van der Waals surface area contributed by atoms with Crippen LogP contribution in [0, 0.1) is 5.41 Å². The summed E-state index contributed by atoms with van der Waals surface area (Å²) in [5.74, 6) is -1.06. The lowest BCUT2D eigenvalue weighted by Crippen LogP contribution is -2.49. The Labute approximate surface area is 179 Å². The van der Waals surface area contributed by atoms with Crippen LogP contribution in [0.25, 0.3) is 0 Å². The highest BCUT2D eigenvalue weighted by atomic mass is 16.7. The van der Waals surface area contributed by atoms with Gasteiger partial charge in [0.1, 0.15) is 0 Å². The van der Waals surface area contributed by atoms with Crippen molar-refractivity contribution in [1.29, 1.82) is 0 Å². The normalized spacial score (nSPS) is 18.5. The smallest absolute Gasteiger partial charge is 0.338 e. The summed E-state index contributed by atoms with van der Waals surface area (Å²) in [5.41, 5.74) is 1.78. The predicted molar refractivity (Wildman–Crippen MR) is 117 cm³/mol. The van der Waals surface area contributed by atoms with Crippen LogP contribution in [-0.2, 0) is 14.2 Å². The molecule has 0 spiro atoms. The summed E-state index contributed by atoms with van der Waals surface area (Å²) >= 11 is 0. The first-order valence-corrected chi connectivity index (χ1v) is 10.7. The quantitative estimate of drug-likeness (QED) is 0.604. The molecule has 0 amide bonds. The van der Waals surface area contributed by atoms with Crippen LogP contribution in [0.1, 0.15) is 55.6 Å². The molecule has 0 unspecified atom stereocenters. The highest BCUT2D eigenvalue weighted by molar-refractivity contribution is 5.89. The second-order valence-corrected chi connectivity index (χ2v) is 8.74. The molecule has 2 aromatic rings. The van der Waals surface area contributed by atoms with Gasteiger partial charge in [0.2, 0.25) is 0 Å². The molecule has 1 aliphatic rings. The van der Waals surface area contributed by atoms with Gasteiger partial charge in [-0.05, 0) is 24.6 Å². The SMILES string of the molecule is C[C@@H](NCCC1(CCOC(=O)c2ccccc2)OCC(C)(C)CO1)c1ccccc1. The standard InChI is InChI=1S/C25H33NO4/c1-20(21-10-6-4-7-11-21)26-16-14-25(29-18-24(2,3)19-30-25)15-17-28-23(27)22-12-8-5-9-13-22/h4-13,20,26H,14-19H2,1-3H3/t20-/m1/s1. The molecule has 0 aromatic heterocycles. The Balaban J connectivity index is 1.54. The second kappa shape index (κ2) is 10.2. The Kier molecular flexibility index (Phi) is 7.64. The van der Waals surface area contributed by atoms with Crippen molar-refractivity contribution in [1.82, 2.24) is 5.32 Å². The fourth-order valence-electron chi connectivity index (χ4n) is 3.45. The summed E-state index contributed by atoms with van der Waals surface area (Å²) in [6, 6.07) is 19.6. The van der Waals surface area contributed by atoms with Gasteiger partial charge in [0.15, 0.2) is 5.79 Å². The molecule has 1 heterocycles. The lowest BCUT2D eigenvalue weighted by molar-refractivity contribution is -0.305. The van der Waals surface area contributed by atoms with Crippen LogP contribution < -0.4 is 5.32 Å². The Hall–Kier alpha value is -2.21. The van der Waals surface area contributed by atoms with E-state index < -0.39 is 5.79 Å². The molecule has 2 aromatic carbocycles. The third kappa shape index (κ3) is 6.39.